The number of piperazine rings is 1. The second kappa shape index (κ2) is 9.70. The van der Waals surface area contributed by atoms with Gasteiger partial charge in [0.15, 0.2) is 0 Å². The van der Waals surface area contributed by atoms with Crippen molar-refractivity contribution in [1.29, 1.82) is 0 Å². The summed E-state index contributed by atoms with van der Waals surface area (Å²) in [6.07, 6.45) is 3.89. The fourth-order valence-corrected chi connectivity index (χ4v) is 2.69. The quantitative estimate of drug-likeness (QED) is 0.673. The molecule has 0 aliphatic carbocycles. The molecular weight excluding hydrogens is 236 g/mol. The normalized spacial score (nSPS) is 20.1. The van der Waals surface area contributed by atoms with Crippen molar-refractivity contribution in [2.75, 3.05) is 67.0 Å². The number of hydrogen-bond acceptors (Lipinski definition) is 4. The van der Waals surface area contributed by atoms with Crippen LogP contribution in [0.3, 0.4) is 0 Å². The average molecular weight is 270 g/mol. The first-order valence-corrected chi connectivity index (χ1v) is 7.92. The Hall–Kier alpha value is -0.160. The molecule has 0 spiro atoms. The molecule has 0 bridgehead atoms. The minimum absolute atomic E-state index is 0.710. The standard InChI is InChI=1S/C15H34N4/c1-5-15(16-2)7-6-8-18-11-13-19(14-12-18)10-9-17(3)4/h15-16H,5-14H2,1-4H3. The van der Waals surface area contributed by atoms with E-state index in [4.69, 9.17) is 0 Å². The summed E-state index contributed by atoms with van der Waals surface area (Å²) < 4.78 is 0. The molecule has 0 aromatic carbocycles. The number of nitrogens with zero attached hydrogens (tertiary/aromatic N) is 3. The van der Waals surface area contributed by atoms with Gasteiger partial charge in [-0.05, 0) is 47.0 Å². The Labute approximate surface area is 120 Å². The van der Waals surface area contributed by atoms with Gasteiger partial charge in [0.25, 0.3) is 0 Å². The third kappa shape index (κ3) is 7.25. The average Bonchev–Trinajstić information content (AvgIpc) is 2.42. The van der Waals surface area contributed by atoms with E-state index in [0.29, 0.717) is 6.04 Å². The van der Waals surface area contributed by atoms with E-state index in [2.05, 4.69) is 48.1 Å². The van der Waals surface area contributed by atoms with Crippen LogP contribution in [0, 0.1) is 0 Å². The number of nitrogens with one attached hydrogen (secondary N) is 1. The van der Waals surface area contributed by atoms with Crippen LogP contribution in [0.4, 0.5) is 0 Å². The lowest BCUT2D eigenvalue weighted by molar-refractivity contribution is 0.123. The van der Waals surface area contributed by atoms with Crippen LogP contribution in [0.1, 0.15) is 26.2 Å². The molecule has 1 unspecified atom stereocenters. The van der Waals surface area contributed by atoms with Crippen molar-refractivity contribution in [2.24, 2.45) is 0 Å². The number of likely N-dealkylation sites (N-methyl/N-ethyl adjacent to an activating group) is 1. The second-order valence-electron chi connectivity index (χ2n) is 6.02. The van der Waals surface area contributed by atoms with Gasteiger partial charge in [-0.25, -0.2) is 0 Å². The Kier molecular flexibility index (Phi) is 8.62. The molecule has 1 aliphatic heterocycles. The molecule has 0 radical (unpaired) electrons. The zero-order chi connectivity index (χ0) is 14.1. The van der Waals surface area contributed by atoms with Crippen LogP contribution < -0.4 is 5.32 Å². The molecule has 1 heterocycles. The molecule has 114 valence electrons. The van der Waals surface area contributed by atoms with Crippen LogP contribution in [0.15, 0.2) is 0 Å². The topological polar surface area (TPSA) is 21.8 Å². The van der Waals surface area contributed by atoms with Crippen molar-refractivity contribution in [3.05, 3.63) is 0 Å². The molecule has 1 atom stereocenters. The molecule has 1 aliphatic rings. The zero-order valence-corrected chi connectivity index (χ0v) is 13.5. The summed E-state index contributed by atoms with van der Waals surface area (Å²) in [7, 11) is 6.39. The first-order chi connectivity index (χ1) is 9.15. The van der Waals surface area contributed by atoms with Gasteiger partial charge in [-0.3, -0.25) is 4.90 Å². The SMILES string of the molecule is CCC(CCCN1CCN(CCN(C)C)CC1)NC. The Morgan fingerprint density at radius 1 is 1.05 bits per heavy atom. The van der Waals surface area contributed by atoms with Crippen LogP contribution in [0.25, 0.3) is 0 Å². The van der Waals surface area contributed by atoms with E-state index >= 15 is 0 Å². The highest BCUT2D eigenvalue weighted by molar-refractivity contribution is 4.73. The van der Waals surface area contributed by atoms with Gasteiger partial charge in [-0.15, -0.1) is 0 Å². The molecule has 4 nitrogen and oxygen atoms in total. The van der Waals surface area contributed by atoms with E-state index < -0.39 is 0 Å². The Balaban J connectivity index is 2.06. The molecule has 1 saturated heterocycles. The van der Waals surface area contributed by atoms with Crippen molar-refractivity contribution < 1.29 is 0 Å². The maximum Gasteiger partial charge on any atom is 0.0110 e. The van der Waals surface area contributed by atoms with Gasteiger partial charge in [-0.1, -0.05) is 6.92 Å². The molecule has 0 aromatic rings. The summed E-state index contributed by atoms with van der Waals surface area (Å²) in [4.78, 5) is 7.50. The predicted octanol–water partition coefficient (Wildman–Crippen LogP) is 0.944. The summed E-state index contributed by atoms with van der Waals surface area (Å²) in [6.45, 7) is 10.9. The molecule has 0 saturated carbocycles. The van der Waals surface area contributed by atoms with Gasteiger partial charge in [-0.2, -0.15) is 0 Å². The molecule has 19 heavy (non-hydrogen) atoms. The second-order valence-corrected chi connectivity index (χ2v) is 6.02. The Morgan fingerprint density at radius 2 is 1.63 bits per heavy atom. The van der Waals surface area contributed by atoms with Crippen LogP contribution in [-0.4, -0.2) is 87.7 Å². The largest absolute Gasteiger partial charge is 0.317 e. The predicted molar refractivity (Wildman–Crippen MR) is 83.8 cm³/mol. The number of rotatable bonds is 9. The van der Waals surface area contributed by atoms with Crippen LogP contribution in [-0.2, 0) is 0 Å². The monoisotopic (exact) mass is 270 g/mol. The Bertz CT molecular complexity index is 208. The summed E-state index contributed by atoms with van der Waals surface area (Å²) in [5, 5.41) is 3.39. The van der Waals surface area contributed by atoms with Crippen molar-refractivity contribution in [3.8, 4) is 0 Å². The van der Waals surface area contributed by atoms with E-state index in [1.165, 1.54) is 65.1 Å². The first kappa shape index (κ1) is 16.9. The number of hydrogen-bond donors (Lipinski definition) is 1. The summed E-state index contributed by atoms with van der Waals surface area (Å²) in [5.74, 6) is 0. The highest BCUT2D eigenvalue weighted by atomic mass is 15.3. The van der Waals surface area contributed by atoms with Gasteiger partial charge >= 0.3 is 0 Å². The third-order valence-electron chi connectivity index (χ3n) is 4.26. The fourth-order valence-electron chi connectivity index (χ4n) is 2.69. The van der Waals surface area contributed by atoms with Gasteiger partial charge in [0.05, 0.1) is 0 Å². The van der Waals surface area contributed by atoms with Crippen molar-refractivity contribution >= 4 is 0 Å². The van der Waals surface area contributed by atoms with Crippen LogP contribution in [0.2, 0.25) is 0 Å². The van der Waals surface area contributed by atoms with Crippen LogP contribution >= 0.6 is 0 Å². The molecule has 1 fully saturated rings. The summed E-state index contributed by atoms with van der Waals surface area (Å²) in [6, 6.07) is 0.710. The zero-order valence-electron chi connectivity index (χ0n) is 13.5. The van der Waals surface area contributed by atoms with E-state index in [-0.39, 0.29) is 0 Å². The maximum absolute atomic E-state index is 3.39. The lowest BCUT2D eigenvalue weighted by atomic mass is 10.1. The molecule has 1 rings (SSSR count). The minimum Gasteiger partial charge on any atom is -0.317 e. The van der Waals surface area contributed by atoms with E-state index in [0.717, 1.165) is 0 Å². The summed E-state index contributed by atoms with van der Waals surface area (Å²) >= 11 is 0. The first-order valence-electron chi connectivity index (χ1n) is 7.92. The van der Waals surface area contributed by atoms with Crippen LogP contribution in [0.5, 0.6) is 0 Å². The van der Waals surface area contributed by atoms with E-state index in [9.17, 15) is 0 Å². The molecule has 4 heteroatoms. The molecule has 1 N–H and O–H groups in total. The molecule has 0 amide bonds. The highest BCUT2D eigenvalue weighted by Crippen LogP contribution is 2.06. The summed E-state index contributed by atoms with van der Waals surface area (Å²) in [5.41, 5.74) is 0. The van der Waals surface area contributed by atoms with Gasteiger partial charge in [0.2, 0.25) is 0 Å². The lowest BCUT2D eigenvalue weighted by Gasteiger charge is -2.35. The highest BCUT2D eigenvalue weighted by Gasteiger charge is 2.16. The van der Waals surface area contributed by atoms with Crippen molar-refractivity contribution in [3.63, 3.8) is 0 Å². The van der Waals surface area contributed by atoms with E-state index in [1.807, 2.05) is 0 Å². The smallest absolute Gasteiger partial charge is 0.0110 e. The maximum atomic E-state index is 3.39. The van der Waals surface area contributed by atoms with E-state index in [1.54, 1.807) is 0 Å². The van der Waals surface area contributed by atoms with Gasteiger partial charge in [0.1, 0.15) is 0 Å². The van der Waals surface area contributed by atoms with Gasteiger partial charge in [0, 0.05) is 45.3 Å². The van der Waals surface area contributed by atoms with Gasteiger partial charge < -0.3 is 15.1 Å². The lowest BCUT2D eigenvalue weighted by Crippen LogP contribution is -2.48. The molecule has 0 aromatic heterocycles. The van der Waals surface area contributed by atoms with Crippen molar-refractivity contribution in [2.45, 2.75) is 32.2 Å². The molecular formula is C15H34N4. The minimum atomic E-state index is 0.710. The van der Waals surface area contributed by atoms with Crippen molar-refractivity contribution in [1.82, 2.24) is 20.0 Å². The third-order valence-corrected chi connectivity index (χ3v) is 4.26. The fraction of sp³-hybridized carbons (Fsp3) is 1.00. The Morgan fingerprint density at radius 3 is 2.11 bits per heavy atom.